The summed E-state index contributed by atoms with van der Waals surface area (Å²) in [5.74, 6) is 1.22. The Morgan fingerprint density at radius 1 is 1.12 bits per heavy atom. The molecular formula is C30H31N7O4. The number of nitrogen functional groups attached to an aromatic ring is 1. The molecule has 11 heteroatoms. The number of aromatic nitrogens is 3. The van der Waals surface area contributed by atoms with E-state index >= 15 is 0 Å². The number of likely N-dealkylation sites (N-methyl/N-ethyl adjacent to an activating group) is 1. The maximum Gasteiger partial charge on any atom is 0.333 e. The molecular weight excluding hydrogens is 522 g/mol. The molecule has 6 rings (SSSR count). The number of amides is 1. The molecule has 41 heavy (non-hydrogen) atoms. The third-order valence-corrected chi connectivity index (χ3v) is 7.75. The van der Waals surface area contributed by atoms with E-state index in [1.807, 2.05) is 36.4 Å². The van der Waals surface area contributed by atoms with E-state index in [0.717, 1.165) is 6.54 Å². The van der Waals surface area contributed by atoms with E-state index < -0.39 is 4.92 Å². The lowest BCUT2D eigenvalue weighted by Crippen LogP contribution is -2.28. The topological polar surface area (TPSA) is 133 Å². The van der Waals surface area contributed by atoms with E-state index in [1.165, 1.54) is 19.2 Å². The van der Waals surface area contributed by atoms with Gasteiger partial charge in [0.15, 0.2) is 0 Å². The van der Waals surface area contributed by atoms with Crippen molar-refractivity contribution < 1.29 is 14.5 Å². The first-order valence-corrected chi connectivity index (χ1v) is 13.7. The van der Waals surface area contributed by atoms with Crippen LogP contribution < -0.4 is 10.5 Å². The fourth-order valence-electron chi connectivity index (χ4n) is 5.50. The van der Waals surface area contributed by atoms with Gasteiger partial charge in [-0.3, -0.25) is 9.69 Å². The maximum atomic E-state index is 12.9. The summed E-state index contributed by atoms with van der Waals surface area (Å²) in [4.78, 5) is 37.7. The molecule has 1 atom stereocenters. The number of nitrogens with two attached hydrogens (primary N) is 1. The highest BCUT2D eigenvalue weighted by Crippen LogP contribution is 2.44. The summed E-state index contributed by atoms with van der Waals surface area (Å²) in [6, 6.07) is 16.7. The van der Waals surface area contributed by atoms with Crippen LogP contribution in [0.4, 0.5) is 11.6 Å². The minimum atomic E-state index is -0.400. The van der Waals surface area contributed by atoms with Crippen molar-refractivity contribution in [1.29, 1.82) is 0 Å². The number of hydrogen-bond acceptors (Lipinski definition) is 8. The number of para-hydroxylation sites is 1. The van der Waals surface area contributed by atoms with Gasteiger partial charge in [0.2, 0.25) is 11.6 Å². The zero-order valence-electron chi connectivity index (χ0n) is 22.7. The van der Waals surface area contributed by atoms with E-state index in [-0.39, 0.29) is 23.6 Å². The molecule has 0 bridgehead atoms. The molecule has 11 nitrogen and oxygen atoms in total. The maximum absolute atomic E-state index is 12.9. The summed E-state index contributed by atoms with van der Waals surface area (Å²) in [7, 11) is 2.06. The molecule has 210 valence electrons. The predicted octanol–water partition coefficient (Wildman–Crippen LogP) is 4.80. The van der Waals surface area contributed by atoms with Gasteiger partial charge in [0.05, 0.1) is 17.5 Å². The van der Waals surface area contributed by atoms with Gasteiger partial charge in [-0.25, -0.2) is 9.55 Å². The van der Waals surface area contributed by atoms with E-state index in [4.69, 9.17) is 10.5 Å². The van der Waals surface area contributed by atoms with Crippen LogP contribution in [0, 0.1) is 10.1 Å². The largest absolute Gasteiger partial charge is 0.457 e. The Morgan fingerprint density at radius 3 is 2.56 bits per heavy atom. The van der Waals surface area contributed by atoms with Crippen LogP contribution in [0.5, 0.6) is 11.5 Å². The zero-order chi connectivity index (χ0) is 28.5. The van der Waals surface area contributed by atoms with Crippen LogP contribution in [0.3, 0.4) is 0 Å². The number of carbonyl (C=O) groups is 1. The normalized spacial score (nSPS) is 17.1. The molecule has 2 aromatic carbocycles. The monoisotopic (exact) mass is 553 g/mol. The Balaban J connectivity index is 1.31. The number of benzene rings is 2. The van der Waals surface area contributed by atoms with Gasteiger partial charge in [0, 0.05) is 31.6 Å². The van der Waals surface area contributed by atoms with Gasteiger partial charge < -0.3 is 25.5 Å². The van der Waals surface area contributed by atoms with Crippen LogP contribution in [0.1, 0.15) is 25.3 Å². The fourth-order valence-corrected chi connectivity index (χ4v) is 5.50. The molecule has 2 N–H and O–H groups in total. The van der Waals surface area contributed by atoms with Crippen molar-refractivity contribution in [2.75, 3.05) is 32.4 Å². The van der Waals surface area contributed by atoms with Crippen molar-refractivity contribution in [2.45, 2.75) is 31.3 Å². The van der Waals surface area contributed by atoms with Crippen molar-refractivity contribution in [3.05, 3.63) is 83.2 Å². The van der Waals surface area contributed by atoms with Gasteiger partial charge in [0.1, 0.15) is 29.7 Å². The standard InChI is InChI=1S/C30H31N7O4/c1-34(21-11-12-21)16-5-8-25(38)35-17-15-22(18-35)36-29-27(28(31)32-19-33-29)26(30(36)37(39)40)20-9-13-24(14-10-20)41-23-6-3-2-4-7-23/h2-10,13-14,19,21-22H,11-12,15-18H2,1H3,(H2,31,32,33)/b8-5+. The number of nitro groups is 1. The molecule has 4 aromatic rings. The van der Waals surface area contributed by atoms with Gasteiger partial charge in [0.25, 0.3) is 0 Å². The first-order valence-electron chi connectivity index (χ1n) is 13.7. The molecule has 2 aromatic heterocycles. The number of rotatable bonds is 9. The molecule has 3 heterocycles. The average Bonchev–Trinajstić information content (AvgIpc) is 3.60. The summed E-state index contributed by atoms with van der Waals surface area (Å²) < 4.78 is 7.52. The summed E-state index contributed by atoms with van der Waals surface area (Å²) in [5.41, 5.74) is 7.62. The van der Waals surface area contributed by atoms with Crippen molar-refractivity contribution >= 4 is 28.6 Å². The Kier molecular flexibility index (Phi) is 7.10. The number of anilines is 1. The highest BCUT2D eigenvalue weighted by molar-refractivity contribution is 6.05. The smallest absolute Gasteiger partial charge is 0.333 e. The minimum Gasteiger partial charge on any atom is -0.457 e. The summed E-state index contributed by atoms with van der Waals surface area (Å²) in [5, 5.41) is 13.0. The molecule has 1 aliphatic carbocycles. The van der Waals surface area contributed by atoms with Gasteiger partial charge >= 0.3 is 5.82 Å². The zero-order valence-corrected chi connectivity index (χ0v) is 22.7. The average molecular weight is 554 g/mol. The first-order chi connectivity index (χ1) is 19.9. The number of likely N-dealkylation sites (tertiary alicyclic amines) is 1. The summed E-state index contributed by atoms with van der Waals surface area (Å²) >= 11 is 0. The Hall–Kier alpha value is -4.77. The Morgan fingerprint density at radius 2 is 1.85 bits per heavy atom. The second-order valence-electron chi connectivity index (χ2n) is 10.5. The second kappa shape index (κ2) is 11.0. The SMILES string of the molecule is CN(C/C=C/C(=O)N1CCC(n2c([N+](=O)[O-])c(-c3ccc(Oc4ccccc4)cc3)c3c(N)ncnc32)C1)C1CC1. The number of fused-ring (bicyclic) bond motifs is 1. The quantitative estimate of drug-likeness (QED) is 0.177. The van der Waals surface area contributed by atoms with Crippen LogP contribution in [0.2, 0.25) is 0 Å². The van der Waals surface area contributed by atoms with Crippen LogP contribution in [0.25, 0.3) is 22.2 Å². The summed E-state index contributed by atoms with van der Waals surface area (Å²) in [6.45, 7) is 1.54. The van der Waals surface area contributed by atoms with E-state index in [2.05, 4.69) is 21.9 Å². The summed E-state index contributed by atoms with van der Waals surface area (Å²) in [6.07, 6.45) is 7.77. The molecule has 2 fully saturated rings. The van der Waals surface area contributed by atoms with Crippen LogP contribution in [-0.4, -0.2) is 67.9 Å². The van der Waals surface area contributed by atoms with Gasteiger partial charge in [-0.05, 0) is 54.6 Å². The van der Waals surface area contributed by atoms with Gasteiger partial charge in [-0.15, -0.1) is 0 Å². The van der Waals surface area contributed by atoms with Crippen molar-refractivity contribution in [3.63, 3.8) is 0 Å². The molecule has 2 aliphatic rings. The van der Waals surface area contributed by atoms with Gasteiger partial charge in [-0.1, -0.05) is 36.4 Å². The molecule has 1 amide bonds. The molecule has 1 unspecified atom stereocenters. The lowest BCUT2D eigenvalue weighted by molar-refractivity contribution is -0.391. The second-order valence-corrected chi connectivity index (χ2v) is 10.5. The number of carbonyl (C=O) groups excluding carboxylic acids is 1. The number of hydrogen-bond donors (Lipinski definition) is 1. The third kappa shape index (κ3) is 5.36. The van der Waals surface area contributed by atoms with E-state index in [0.29, 0.717) is 59.2 Å². The molecule has 1 saturated carbocycles. The fraction of sp³-hybridized carbons (Fsp3) is 0.300. The van der Waals surface area contributed by atoms with Crippen molar-refractivity contribution in [3.8, 4) is 22.6 Å². The van der Waals surface area contributed by atoms with Crippen LogP contribution in [-0.2, 0) is 4.79 Å². The molecule has 1 saturated heterocycles. The first kappa shape index (κ1) is 26.5. The van der Waals surface area contributed by atoms with Crippen molar-refractivity contribution in [2.24, 2.45) is 0 Å². The minimum absolute atomic E-state index is 0.0980. The molecule has 1 aliphatic heterocycles. The number of ether oxygens (including phenoxy) is 1. The van der Waals surface area contributed by atoms with Crippen molar-refractivity contribution in [1.82, 2.24) is 24.3 Å². The Bertz CT molecular complexity index is 1610. The molecule has 0 spiro atoms. The van der Waals surface area contributed by atoms with Gasteiger partial charge in [-0.2, -0.15) is 4.98 Å². The van der Waals surface area contributed by atoms with E-state index in [9.17, 15) is 14.9 Å². The predicted molar refractivity (Wildman–Crippen MR) is 156 cm³/mol. The lowest BCUT2D eigenvalue weighted by Gasteiger charge is -2.15. The van der Waals surface area contributed by atoms with E-state index in [1.54, 1.807) is 39.8 Å². The highest BCUT2D eigenvalue weighted by Gasteiger charge is 2.39. The highest BCUT2D eigenvalue weighted by atomic mass is 16.6. The van der Waals surface area contributed by atoms with Crippen LogP contribution >= 0.6 is 0 Å². The molecule has 0 radical (unpaired) electrons. The Labute approximate surface area is 237 Å². The lowest BCUT2D eigenvalue weighted by atomic mass is 10.0. The third-order valence-electron chi connectivity index (χ3n) is 7.75. The number of nitrogens with zero attached hydrogens (tertiary/aromatic N) is 6. The van der Waals surface area contributed by atoms with Crippen LogP contribution in [0.15, 0.2) is 73.1 Å².